The molecule has 0 fully saturated rings. The van der Waals surface area contributed by atoms with Gasteiger partial charge in [0.05, 0.1) is 12.6 Å². The van der Waals surface area contributed by atoms with Crippen molar-refractivity contribution in [1.82, 2.24) is 10.2 Å². The number of rotatable bonds is 5. The van der Waals surface area contributed by atoms with Crippen LogP contribution < -0.4 is 5.32 Å². The minimum absolute atomic E-state index is 0.0141. The van der Waals surface area contributed by atoms with E-state index in [0.717, 1.165) is 5.56 Å². The van der Waals surface area contributed by atoms with Gasteiger partial charge in [-0.3, -0.25) is 4.79 Å². The number of nitrogens with zero attached hydrogens (tertiary/aromatic N) is 2. The average Bonchev–Trinajstić information content (AvgIpc) is 2.91. The van der Waals surface area contributed by atoms with Crippen molar-refractivity contribution in [3.05, 3.63) is 64.7 Å². The Morgan fingerprint density at radius 3 is 2.67 bits per heavy atom. The van der Waals surface area contributed by atoms with Crippen LogP contribution in [0.4, 0.5) is 0 Å². The Balaban J connectivity index is 1.73. The highest BCUT2D eigenvalue weighted by molar-refractivity contribution is 7.90. The quantitative estimate of drug-likeness (QED) is 0.829. The molecule has 2 aromatic carbocycles. The third-order valence-corrected chi connectivity index (χ3v) is 5.91. The van der Waals surface area contributed by atoms with Crippen LogP contribution in [0.3, 0.4) is 0 Å². The molecule has 0 aromatic heterocycles. The molecule has 8 heteroatoms. The Hall–Kier alpha value is -2.38. The van der Waals surface area contributed by atoms with Gasteiger partial charge in [-0.25, -0.2) is 0 Å². The fraction of sp³-hybridized carbons (Fsp3) is 0.263. The van der Waals surface area contributed by atoms with Gasteiger partial charge in [0.25, 0.3) is 10.0 Å². The summed E-state index contributed by atoms with van der Waals surface area (Å²) in [5.41, 5.74) is 1.43. The van der Waals surface area contributed by atoms with Crippen LogP contribution in [0.15, 0.2) is 57.8 Å². The van der Waals surface area contributed by atoms with E-state index in [2.05, 4.69) is 9.71 Å². The van der Waals surface area contributed by atoms with Crippen LogP contribution in [-0.2, 0) is 14.8 Å². The summed E-state index contributed by atoms with van der Waals surface area (Å²) in [4.78, 5) is 14.2. The predicted octanol–water partition coefficient (Wildman–Crippen LogP) is 2.99. The maximum absolute atomic E-state index is 12.5. The van der Waals surface area contributed by atoms with Gasteiger partial charge in [0.2, 0.25) is 5.91 Å². The van der Waals surface area contributed by atoms with Gasteiger partial charge in [-0.05, 0) is 36.2 Å². The molecule has 27 heavy (non-hydrogen) atoms. The molecular formula is C19H20ClN3O3S. The summed E-state index contributed by atoms with van der Waals surface area (Å²) in [6.07, 6.45) is 0.702. The van der Waals surface area contributed by atoms with Crippen molar-refractivity contribution in [2.24, 2.45) is 4.40 Å². The van der Waals surface area contributed by atoms with Gasteiger partial charge in [-0.1, -0.05) is 42.8 Å². The smallest absolute Gasteiger partial charge is 0.285 e. The maximum atomic E-state index is 12.5. The van der Waals surface area contributed by atoms with E-state index in [4.69, 9.17) is 11.6 Å². The molecule has 3 rings (SSSR count). The van der Waals surface area contributed by atoms with E-state index in [0.29, 0.717) is 17.0 Å². The number of halogens is 1. The normalized spacial score (nSPS) is 15.6. The lowest BCUT2D eigenvalue weighted by Crippen LogP contribution is -2.39. The molecular weight excluding hydrogens is 386 g/mol. The van der Waals surface area contributed by atoms with Gasteiger partial charge in [0.1, 0.15) is 4.90 Å². The Bertz CT molecular complexity index is 1000. The van der Waals surface area contributed by atoms with Crippen LogP contribution in [0.5, 0.6) is 0 Å². The SMILES string of the molecule is CCC(NC(=O)CN(C)C1=NS(=O)(=O)c2ccccc21)c1cccc(Cl)c1. The molecule has 0 aliphatic carbocycles. The van der Waals surface area contributed by atoms with E-state index < -0.39 is 10.0 Å². The molecule has 0 spiro atoms. The highest BCUT2D eigenvalue weighted by Gasteiger charge is 2.31. The number of hydrogen-bond donors (Lipinski definition) is 1. The third kappa shape index (κ3) is 4.14. The number of sulfonamides is 1. The van der Waals surface area contributed by atoms with Crippen LogP contribution in [0.2, 0.25) is 5.02 Å². The minimum atomic E-state index is -3.71. The summed E-state index contributed by atoms with van der Waals surface area (Å²) in [5, 5.41) is 3.58. The van der Waals surface area contributed by atoms with E-state index in [9.17, 15) is 13.2 Å². The number of amidine groups is 1. The topological polar surface area (TPSA) is 78.8 Å². The first-order chi connectivity index (χ1) is 12.8. The number of fused-ring (bicyclic) bond motifs is 1. The van der Waals surface area contributed by atoms with Crippen LogP contribution in [0, 0.1) is 0 Å². The van der Waals surface area contributed by atoms with E-state index in [1.165, 1.54) is 6.07 Å². The van der Waals surface area contributed by atoms with E-state index in [-0.39, 0.29) is 29.2 Å². The zero-order valence-electron chi connectivity index (χ0n) is 15.0. The van der Waals surface area contributed by atoms with Crippen LogP contribution in [0.25, 0.3) is 0 Å². The summed E-state index contributed by atoms with van der Waals surface area (Å²) in [5.74, 6) is 0.0466. The van der Waals surface area contributed by atoms with Crippen molar-refractivity contribution in [2.45, 2.75) is 24.3 Å². The fourth-order valence-electron chi connectivity index (χ4n) is 3.04. The van der Waals surface area contributed by atoms with Gasteiger partial charge in [0.15, 0.2) is 5.84 Å². The second-order valence-corrected chi connectivity index (χ2v) is 8.33. The molecule has 0 radical (unpaired) electrons. The molecule has 6 nitrogen and oxygen atoms in total. The molecule has 0 saturated heterocycles. The molecule has 1 atom stereocenters. The third-order valence-electron chi connectivity index (χ3n) is 4.35. The molecule has 1 N–H and O–H groups in total. The van der Waals surface area contributed by atoms with Crippen molar-refractivity contribution in [2.75, 3.05) is 13.6 Å². The molecule has 1 aliphatic rings. The molecule has 1 aliphatic heterocycles. The Morgan fingerprint density at radius 1 is 1.22 bits per heavy atom. The van der Waals surface area contributed by atoms with Gasteiger partial charge < -0.3 is 10.2 Å². The number of carbonyl (C=O) groups excluding carboxylic acids is 1. The Kier molecular flexibility index (Phi) is 5.53. The lowest BCUT2D eigenvalue weighted by molar-refractivity contribution is -0.122. The van der Waals surface area contributed by atoms with Crippen molar-refractivity contribution < 1.29 is 13.2 Å². The number of carbonyl (C=O) groups is 1. The number of likely N-dealkylation sites (N-methyl/N-ethyl adjacent to an activating group) is 1. The number of benzene rings is 2. The maximum Gasteiger partial charge on any atom is 0.285 e. The minimum Gasteiger partial charge on any atom is -0.349 e. The van der Waals surface area contributed by atoms with Crippen molar-refractivity contribution in [3.63, 3.8) is 0 Å². The van der Waals surface area contributed by atoms with Crippen molar-refractivity contribution in [3.8, 4) is 0 Å². The van der Waals surface area contributed by atoms with Gasteiger partial charge >= 0.3 is 0 Å². The number of nitrogens with one attached hydrogen (secondary N) is 1. The molecule has 2 aromatic rings. The Morgan fingerprint density at radius 2 is 1.96 bits per heavy atom. The molecule has 0 saturated carbocycles. The molecule has 1 unspecified atom stereocenters. The first kappa shape index (κ1) is 19.4. The summed E-state index contributed by atoms with van der Waals surface area (Å²) >= 11 is 6.03. The zero-order chi connectivity index (χ0) is 19.6. The summed E-state index contributed by atoms with van der Waals surface area (Å²) in [6, 6.07) is 13.8. The standard InChI is InChI=1S/C19H20ClN3O3S/c1-3-16(13-7-6-8-14(20)11-13)21-18(24)12-23(2)19-15-9-4-5-10-17(15)27(25,26)22-19/h4-11,16H,3,12H2,1-2H3,(H,21,24). The largest absolute Gasteiger partial charge is 0.349 e. The van der Waals surface area contributed by atoms with E-state index >= 15 is 0 Å². The Labute approximate surface area is 163 Å². The summed E-state index contributed by atoms with van der Waals surface area (Å²) in [6.45, 7) is 1.96. The highest BCUT2D eigenvalue weighted by atomic mass is 35.5. The van der Waals surface area contributed by atoms with Crippen LogP contribution >= 0.6 is 11.6 Å². The lowest BCUT2D eigenvalue weighted by atomic mass is 10.0. The molecule has 0 bridgehead atoms. The fourth-order valence-corrected chi connectivity index (χ4v) is 4.49. The van der Waals surface area contributed by atoms with Crippen LogP contribution in [-0.4, -0.2) is 38.7 Å². The first-order valence-electron chi connectivity index (χ1n) is 8.52. The zero-order valence-corrected chi connectivity index (χ0v) is 16.6. The predicted molar refractivity (Wildman–Crippen MR) is 105 cm³/mol. The van der Waals surface area contributed by atoms with Crippen molar-refractivity contribution in [1.29, 1.82) is 0 Å². The van der Waals surface area contributed by atoms with E-state index in [1.807, 2.05) is 25.1 Å². The monoisotopic (exact) mass is 405 g/mol. The molecule has 1 heterocycles. The summed E-state index contributed by atoms with van der Waals surface area (Å²) < 4.78 is 28.2. The van der Waals surface area contributed by atoms with Gasteiger partial charge in [0, 0.05) is 17.6 Å². The van der Waals surface area contributed by atoms with Crippen LogP contribution in [0.1, 0.15) is 30.5 Å². The lowest BCUT2D eigenvalue weighted by Gasteiger charge is -2.22. The van der Waals surface area contributed by atoms with Crippen molar-refractivity contribution >= 4 is 33.4 Å². The molecule has 1 amide bonds. The number of hydrogen-bond acceptors (Lipinski definition) is 4. The second kappa shape index (κ2) is 7.70. The molecule has 142 valence electrons. The average molecular weight is 406 g/mol. The van der Waals surface area contributed by atoms with Gasteiger partial charge in [-0.15, -0.1) is 4.40 Å². The highest BCUT2D eigenvalue weighted by Crippen LogP contribution is 2.27. The van der Waals surface area contributed by atoms with Gasteiger partial charge in [-0.2, -0.15) is 8.42 Å². The first-order valence-corrected chi connectivity index (χ1v) is 10.3. The number of amides is 1. The van der Waals surface area contributed by atoms with E-state index in [1.54, 1.807) is 36.2 Å². The second-order valence-electron chi connectivity index (χ2n) is 6.33. The summed E-state index contributed by atoms with van der Waals surface area (Å²) in [7, 11) is -2.06.